The van der Waals surface area contributed by atoms with E-state index in [1.54, 1.807) is 11.3 Å². The van der Waals surface area contributed by atoms with Gasteiger partial charge in [0.05, 0.1) is 5.58 Å². The van der Waals surface area contributed by atoms with Gasteiger partial charge >= 0.3 is 0 Å². The van der Waals surface area contributed by atoms with Crippen molar-refractivity contribution in [1.82, 2.24) is 9.97 Å². The van der Waals surface area contributed by atoms with E-state index >= 15 is 0 Å². The summed E-state index contributed by atoms with van der Waals surface area (Å²) in [5.74, 6) is 0. The van der Waals surface area contributed by atoms with Crippen LogP contribution in [0.4, 0.5) is 0 Å². The van der Waals surface area contributed by atoms with Crippen LogP contribution in [0.15, 0.2) is 108 Å². The van der Waals surface area contributed by atoms with Crippen LogP contribution < -0.4 is 0 Å². The molecule has 3 nitrogen and oxygen atoms in total. The average molecular weight is 835 g/mol. The fourth-order valence-electron chi connectivity index (χ4n) is 6.45. The van der Waals surface area contributed by atoms with E-state index in [2.05, 4.69) is 113 Å². The Morgan fingerprint density at radius 2 is 1.43 bits per heavy atom. The molecular weight excluding hydrogens is 797 g/mol. The molecule has 0 atom stereocenters. The molecule has 247 valence electrons. The number of aryl methyl sites for hydroxylation is 4. The summed E-state index contributed by atoms with van der Waals surface area (Å²) in [7, 11) is 0. The van der Waals surface area contributed by atoms with Crippen LogP contribution in [0.2, 0.25) is 0 Å². The molecule has 0 amide bonds. The first-order valence-electron chi connectivity index (χ1n) is 16.3. The molecule has 0 aliphatic rings. The van der Waals surface area contributed by atoms with E-state index in [4.69, 9.17) is 9.40 Å². The molecule has 0 unspecified atom stereocenters. The Hall–Kier alpha value is -4.41. The molecule has 0 spiro atoms. The van der Waals surface area contributed by atoms with Crippen LogP contribution in [0, 0.1) is 39.8 Å². The van der Waals surface area contributed by atoms with Gasteiger partial charge in [-0.05, 0) is 90.0 Å². The Kier molecular flexibility index (Phi) is 9.73. The smallest absolute Gasteiger partial charge is 0.129 e. The number of rotatable bonds is 3. The number of nitrogens with zero attached hydrogens (tertiary/aromatic N) is 2. The fraction of sp³-hybridized carbons (Fsp3) is 0.182. The van der Waals surface area contributed by atoms with Gasteiger partial charge in [0.1, 0.15) is 5.58 Å². The van der Waals surface area contributed by atoms with Gasteiger partial charge in [-0.15, -0.1) is 65.4 Å². The second kappa shape index (κ2) is 13.8. The van der Waals surface area contributed by atoms with E-state index in [9.17, 15) is 0 Å². The van der Waals surface area contributed by atoms with E-state index < -0.39 is 0 Å². The minimum absolute atomic E-state index is 0. The number of aromatic nitrogens is 2. The summed E-state index contributed by atoms with van der Waals surface area (Å²) in [4.78, 5) is 10.6. The third kappa shape index (κ3) is 6.76. The Morgan fingerprint density at radius 1 is 0.673 bits per heavy atom. The van der Waals surface area contributed by atoms with E-state index in [0.29, 0.717) is 0 Å². The number of pyridine rings is 2. The second-order valence-corrected chi connectivity index (χ2v) is 14.8. The first-order valence-corrected chi connectivity index (χ1v) is 17.1. The monoisotopic (exact) mass is 835 g/mol. The standard InChI is InChI=1S/C32H28NOS.C12H10N.Ir/c1-18-9-7-10-19(2)29(18)24-16-27(33-17-26(24)32(4,5)6)23-12-8-11-21-22-13-14-28-25(15-20(3)35-28)31(22)34-30(21)23;1-10-7-8-12(13-9-10)11-5-3-2-4-6-11;/h7-11,13-17H,1-6H3;2-5,7-9H,1H3;/q2*-1;. The SMILES string of the molecule is Cc1cc2c(ccc3c4cc[c-]c(-c5cc(-c6c(C)cccc6C)c(C(C)(C)C)cn5)c4oc23)s1.Cc1ccc(-c2[c-]cccc2)nc1.[Ir]. The van der Waals surface area contributed by atoms with E-state index in [0.717, 1.165) is 44.5 Å². The maximum atomic E-state index is 6.59. The van der Waals surface area contributed by atoms with Gasteiger partial charge in [-0.3, -0.25) is 0 Å². The van der Waals surface area contributed by atoms with Crippen molar-refractivity contribution in [3.8, 4) is 33.6 Å². The molecule has 0 saturated carbocycles. The van der Waals surface area contributed by atoms with E-state index in [1.165, 1.54) is 48.3 Å². The van der Waals surface area contributed by atoms with Crippen molar-refractivity contribution >= 4 is 43.4 Å². The van der Waals surface area contributed by atoms with Gasteiger partial charge in [-0.1, -0.05) is 74.2 Å². The van der Waals surface area contributed by atoms with Crippen LogP contribution in [-0.2, 0) is 25.5 Å². The number of benzene rings is 4. The molecule has 4 heterocycles. The van der Waals surface area contributed by atoms with Crippen molar-refractivity contribution in [3.05, 3.63) is 143 Å². The third-order valence-electron chi connectivity index (χ3n) is 8.83. The summed E-state index contributed by atoms with van der Waals surface area (Å²) in [5.41, 5.74) is 13.1. The minimum atomic E-state index is -0.0346. The molecule has 5 heteroatoms. The molecule has 0 fully saturated rings. The molecule has 49 heavy (non-hydrogen) atoms. The van der Waals surface area contributed by atoms with E-state index in [1.807, 2.05) is 55.7 Å². The summed E-state index contributed by atoms with van der Waals surface area (Å²) in [5, 5.41) is 3.43. The number of hydrogen-bond donors (Lipinski definition) is 0. The fourth-order valence-corrected chi connectivity index (χ4v) is 7.37. The van der Waals surface area contributed by atoms with Gasteiger partial charge in [0.25, 0.3) is 0 Å². The van der Waals surface area contributed by atoms with Crippen LogP contribution in [0.25, 0.3) is 65.7 Å². The molecule has 0 aliphatic heterocycles. The number of thiophene rings is 1. The van der Waals surface area contributed by atoms with Gasteiger partial charge in [0.2, 0.25) is 0 Å². The number of hydrogen-bond acceptors (Lipinski definition) is 4. The van der Waals surface area contributed by atoms with Crippen LogP contribution in [0.1, 0.15) is 47.9 Å². The molecule has 0 aliphatic carbocycles. The van der Waals surface area contributed by atoms with Gasteiger partial charge in [-0.2, -0.15) is 0 Å². The Labute approximate surface area is 306 Å². The summed E-state index contributed by atoms with van der Waals surface area (Å²) in [6.45, 7) is 15.3. The van der Waals surface area contributed by atoms with Crippen LogP contribution in [0.5, 0.6) is 0 Å². The first kappa shape index (κ1) is 34.5. The predicted octanol–water partition coefficient (Wildman–Crippen LogP) is 12.4. The third-order valence-corrected chi connectivity index (χ3v) is 9.85. The summed E-state index contributed by atoms with van der Waals surface area (Å²) >= 11 is 1.80. The predicted molar refractivity (Wildman–Crippen MR) is 203 cm³/mol. The molecule has 4 aromatic heterocycles. The van der Waals surface area contributed by atoms with Crippen molar-refractivity contribution in [2.75, 3.05) is 0 Å². The Bertz CT molecular complexity index is 2400. The normalized spacial score (nSPS) is 11.4. The Balaban J connectivity index is 0.000000250. The summed E-state index contributed by atoms with van der Waals surface area (Å²) in [6.07, 6.45) is 3.92. The van der Waals surface area contributed by atoms with Gasteiger partial charge in [-0.25, -0.2) is 0 Å². The van der Waals surface area contributed by atoms with Crippen LogP contribution in [-0.4, -0.2) is 9.97 Å². The van der Waals surface area contributed by atoms with Crippen molar-refractivity contribution in [3.63, 3.8) is 0 Å². The quantitative estimate of drug-likeness (QED) is 0.166. The maximum Gasteiger partial charge on any atom is 0.129 e. The zero-order valence-corrected chi connectivity index (χ0v) is 32.1. The van der Waals surface area contributed by atoms with Crippen LogP contribution in [0.3, 0.4) is 0 Å². The average Bonchev–Trinajstić information content (AvgIpc) is 3.65. The zero-order valence-electron chi connectivity index (χ0n) is 28.9. The largest absolute Gasteiger partial charge is 0.500 e. The van der Waals surface area contributed by atoms with Gasteiger partial charge < -0.3 is 14.4 Å². The first-order chi connectivity index (χ1) is 23.1. The minimum Gasteiger partial charge on any atom is -0.500 e. The molecular formula is C44H38IrN2OS-2. The van der Waals surface area contributed by atoms with E-state index in [-0.39, 0.29) is 25.5 Å². The van der Waals surface area contributed by atoms with Crippen molar-refractivity contribution in [2.45, 2.75) is 53.9 Å². The molecule has 0 bridgehead atoms. The molecule has 0 N–H and O–H groups in total. The van der Waals surface area contributed by atoms with Crippen molar-refractivity contribution < 1.29 is 24.5 Å². The van der Waals surface area contributed by atoms with Crippen molar-refractivity contribution in [2.24, 2.45) is 0 Å². The Morgan fingerprint density at radius 3 is 2.12 bits per heavy atom. The molecule has 8 aromatic rings. The summed E-state index contributed by atoms with van der Waals surface area (Å²) < 4.78 is 7.84. The number of furan rings is 1. The van der Waals surface area contributed by atoms with Gasteiger partial charge in [0, 0.05) is 52.8 Å². The molecule has 1 radical (unpaired) electrons. The summed E-state index contributed by atoms with van der Waals surface area (Å²) in [6, 6.07) is 38.0. The van der Waals surface area contributed by atoms with Crippen molar-refractivity contribution in [1.29, 1.82) is 0 Å². The maximum absolute atomic E-state index is 6.59. The van der Waals surface area contributed by atoms with Gasteiger partial charge in [0.15, 0.2) is 0 Å². The second-order valence-electron chi connectivity index (χ2n) is 13.5. The van der Waals surface area contributed by atoms with Crippen LogP contribution >= 0.6 is 11.3 Å². The topological polar surface area (TPSA) is 38.9 Å². The number of fused-ring (bicyclic) bond motifs is 5. The zero-order chi connectivity index (χ0) is 33.6. The molecule has 8 rings (SSSR count). The molecule has 0 saturated heterocycles. The molecule has 4 aromatic carbocycles.